The van der Waals surface area contributed by atoms with Crippen molar-refractivity contribution in [3.8, 4) is 17.2 Å². The summed E-state index contributed by atoms with van der Waals surface area (Å²) in [5.74, 6) is 2.35. The molecular weight excluding hydrogens is 430 g/mol. The maximum Gasteiger partial charge on any atom is 0.231 e. The number of carbonyl (C=O) groups excluding carboxylic acids is 1. The van der Waals surface area contributed by atoms with Crippen LogP contribution in [0.3, 0.4) is 0 Å². The summed E-state index contributed by atoms with van der Waals surface area (Å²) in [4.78, 5) is 20.1. The van der Waals surface area contributed by atoms with E-state index in [-0.39, 0.29) is 24.7 Å². The maximum atomic E-state index is 13.3. The third-order valence-electron chi connectivity index (χ3n) is 6.38. The lowest BCUT2D eigenvalue weighted by Gasteiger charge is -2.32. The van der Waals surface area contributed by atoms with Crippen molar-refractivity contribution in [1.82, 2.24) is 15.2 Å². The van der Waals surface area contributed by atoms with Gasteiger partial charge in [-0.2, -0.15) is 0 Å². The second-order valence-electron chi connectivity index (χ2n) is 8.59. The number of pyridine rings is 1. The molecule has 1 atom stereocenters. The number of aromatic nitrogens is 1. The zero-order valence-electron chi connectivity index (χ0n) is 19.1. The summed E-state index contributed by atoms with van der Waals surface area (Å²) >= 11 is 0. The summed E-state index contributed by atoms with van der Waals surface area (Å²) in [5, 5.41) is 3.25. The van der Waals surface area contributed by atoms with E-state index in [1.807, 2.05) is 66.7 Å². The highest BCUT2D eigenvalue weighted by Gasteiger charge is 2.28. The molecule has 1 saturated heterocycles. The number of rotatable bonds is 8. The first kappa shape index (κ1) is 22.2. The molecule has 1 fully saturated rings. The third-order valence-corrected chi connectivity index (χ3v) is 6.38. The largest absolute Gasteiger partial charge is 0.492 e. The minimum absolute atomic E-state index is 0.0217. The Morgan fingerprint density at radius 1 is 1.03 bits per heavy atom. The molecule has 1 aromatic heterocycles. The Bertz CT molecular complexity index is 1090. The molecule has 0 spiro atoms. The quantitative estimate of drug-likeness (QED) is 0.552. The van der Waals surface area contributed by atoms with Crippen molar-refractivity contribution in [3.05, 3.63) is 84.2 Å². The van der Waals surface area contributed by atoms with Crippen LogP contribution < -0.4 is 19.5 Å². The predicted octanol–water partition coefficient (Wildman–Crippen LogP) is 3.81. The maximum absolute atomic E-state index is 13.3. The van der Waals surface area contributed by atoms with Crippen LogP contribution in [0.5, 0.6) is 17.2 Å². The van der Waals surface area contributed by atoms with Crippen LogP contribution in [0.15, 0.2) is 72.9 Å². The second-order valence-corrected chi connectivity index (χ2v) is 8.59. The smallest absolute Gasteiger partial charge is 0.231 e. The molecule has 0 aliphatic carbocycles. The van der Waals surface area contributed by atoms with E-state index in [0.29, 0.717) is 12.4 Å². The van der Waals surface area contributed by atoms with Gasteiger partial charge in [-0.15, -0.1) is 0 Å². The molecule has 2 aliphatic rings. The van der Waals surface area contributed by atoms with Gasteiger partial charge in [0.25, 0.3) is 0 Å². The Kier molecular flexibility index (Phi) is 6.91. The molecule has 2 aromatic carbocycles. The number of ether oxygens (including phenoxy) is 3. The monoisotopic (exact) mass is 459 g/mol. The molecule has 7 nitrogen and oxygen atoms in total. The molecule has 0 bridgehead atoms. The van der Waals surface area contributed by atoms with E-state index in [4.69, 9.17) is 14.2 Å². The first-order valence-electron chi connectivity index (χ1n) is 11.8. The fourth-order valence-electron chi connectivity index (χ4n) is 4.46. The Morgan fingerprint density at radius 3 is 2.62 bits per heavy atom. The molecule has 2 aliphatic heterocycles. The van der Waals surface area contributed by atoms with E-state index < -0.39 is 0 Å². The van der Waals surface area contributed by atoms with Crippen LogP contribution in [0, 0.1) is 5.92 Å². The van der Waals surface area contributed by atoms with E-state index in [2.05, 4.69) is 15.2 Å². The SMILES string of the molecule is O=C(NC(c1ccc2c(c1)OCO2)c1ccccn1)C1CCN(CCOc2ccccc2)CC1. The van der Waals surface area contributed by atoms with Gasteiger partial charge in [-0.1, -0.05) is 30.3 Å². The van der Waals surface area contributed by atoms with E-state index in [0.717, 1.165) is 55.2 Å². The molecule has 3 aromatic rings. The van der Waals surface area contributed by atoms with E-state index >= 15 is 0 Å². The number of hydrogen-bond acceptors (Lipinski definition) is 6. The molecular formula is C27H29N3O4. The Balaban J connectivity index is 1.18. The number of nitrogens with zero attached hydrogens (tertiary/aromatic N) is 2. The van der Waals surface area contributed by atoms with Gasteiger partial charge in [0.05, 0.1) is 11.7 Å². The summed E-state index contributed by atoms with van der Waals surface area (Å²) in [6, 6.07) is 21.0. The van der Waals surface area contributed by atoms with Crippen molar-refractivity contribution in [3.63, 3.8) is 0 Å². The van der Waals surface area contributed by atoms with E-state index in [1.54, 1.807) is 6.20 Å². The minimum atomic E-state index is -0.347. The second kappa shape index (κ2) is 10.6. The van der Waals surface area contributed by atoms with Gasteiger partial charge >= 0.3 is 0 Å². The molecule has 5 rings (SSSR count). The van der Waals surface area contributed by atoms with Gasteiger partial charge in [0, 0.05) is 18.7 Å². The fourth-order valence-corrected chi connectivity index (χ4v) is 4.46. The molecule has 1 N–H and O–H groups in total. The van der Waals surface area contributed by atoms with Gasteiger partial charge in [-0.05, 0) is 67.9 Å². The van der Waals surface area contributed by atoms with Gasteiger partial charge in [0.15, 0.2) is 11.5 Å². The van der Waals surface area contributed by atoms with Crippen molar-refractivity contribution >= 4 is 5.91 Å². The molecule has 176 valence electrons. The molecule has 0 saturated carbocycles. The van der Waals surface area contributed by atoms with Gasteiger partial charge in [-0.25, -0.2) is 0 Å². The summed E-state index contributed by atoms with van der Waals surface area (Å²) in [6.45, 7) is 3.49. The lowest BCUT2D eigenvalue weighted by Crippen LogP contribution is -2.42. The van der Waals surface area contributed by atoms with Crippen molar-refractivity contribution in [2.24, 2.45) is 5.92 Å². The number of para-hydroxylation sites is 1. The van der Waals surface area contributed by atoms with Crippen LogP contribution in [-0.2, 0) is 4.79 Å². The lowest BCUT2D eigenvalue weighted by molar-refractivity contribution is -0.127. The summed E-state index contributed by atoms with van der Waals surface area (Å²) in [5.41, 5.74) is 1.72. The first-order valence-corrected chi connectivity index (χ1v) is 11.8. The highest BCUT2D eigenvalue weighted by molar-refractivity contribution is 5.79. The average molecular weight is 460 g/mol. The zero-order valence-corrected chi connectivity index (χ0v) is 19.1. The third kappa shape index (κ3) is 5.31. The Hall–Kier alpha value is -3.58. The standard InChI is InChI=1S/C27H29N3O4/c31-27(20-11-14-30(15-12-20)16-17-32-22-6-2-1-3-7-22)29-26(23-8-4-5-13-28-23)21-9-10-24-25(18-21)34-19-33-24/h1-10,13,18,20,26H,11-12,14-17,19H2,(H,29,31). The summed E-state index contributed by atoms with van der Waals surface area (Å²) < 4.78 is 16.8. The molecule has 1 amide bonds. The number of likely N-dealkylation sites (tertiary alicyclic amines) is 1. The van der Waals surface area contributed by atoms with Gasteiger partial charge in [0.2, 0.25) is 12.7 Å². The number of amides is 1. The van der Waals surface area contributed by atoms with Gasteiger partial charge in [-0.3, -0.25) is 14.7 Å². The molecule has 3 heterocycles. The zero-order chi connectivity index (χ0) is 23.2. The topological polar surface area (TPSA) is 72.9 Å². The van der Waals surface area contributed by atoms with Crippen LogP contribution in [0.2, 0.25) is 0 Å². The number of benzene rings is 2. The van der Waals surface area contributed by atoms with Crippen LogP contribution >= 0.6 is 0 Å². The van der Waals surface area contributed by atoms with Crippen molar-refractivity contribution in [2.75, 3.05) is 33.0 Å². The van der Waals surface area contributed by atoms with E-state index in [1.165, 1.54) is 0 Å². The average Bonchev–Trinajstić information content (AvgIpc) is 3.37. The predicted molar refractivity (Wildman–Crippen MR) is 128 cm³/mol. The highest BCUT2D eigenvalue weighted by Crippen LogP contribution is 2.35. The number of carbonyl (C=O) groups is 1. The summed E-state index contributed by atoms with van der Waals surface area (Å²) in [7, 11) is 0. The van der Waals surface area contributed by atoms with Gasteiger partial charge < -0.3 is 19.5 Å². The lowest BCUT2D eigenvalue weighted by atomic mass is 9.94. The van der Waals surface area contributed by atoms with Crippen LogP contribution in [0.4, 0.5) is 0 Å². The number of nitrogens with one attached hydrogen (secondary N) is 1. The molecule has 1 unspecified atom stereocenters. The molecule has 0 radical (unpaired) electrons. The highest BCUT2D eigenvalue weighted by atomic mass is 16.7. The van der Waals surface area contributed by atoms with Crippen LogP contribution in [0.25, 0.3) is 0 Å². The molecule has 7 heteroatoms. The number of piperidine rings is 1. The van der Waals surface area contributed by atoms with Crippen LogP contribution in [-0.4, -0.2) is 48.8 Å². The minimum Gasteiger partial charge on any atom is -0.492 e. The van der Waals surface area contributed by atoms with Crippen LogP contribution in [0.1, 0.15) is 30.1 Å². The van der Waals surface area contributed by atoms with Crippen molar-refractivity contribution < 1.29 is 19.0 Å². The van der Waals surface area contributed by atoms with Crippen molar-refractivity contribution in [1.29, 1.82) is 0 Å². The van der Waals surface area contributed by atoms with Crippen molar-refractivity contribution in [2.45, 2.75) is 18.9 Å². The first-order chi connectivity index (χ1) is 16.8. The summed E-state index contributed by atoms with van der Waals surface area (Å²) in [6.07, 6.45) is 3.40. The van der Waals surface area contributed by atoms with E-state index in [9.17, 15) is 4.79 Å². The molecule has 34 heavy (non-hydrogen) atoms. The normalized spacial score (nSPS) is 16.7. The van der Waals surface area contributed by atoms with Gasteiger partial charge in [0.1, 0.15) is 12.4 Å². The fraction of sp³-hybridized carbons (Fsp3) is 0.333. The Morgan fingerprint density at radius 2 is 1.82 bits per heavy atom. The number of hydrogen-bond donors (Lipinski definition) is 1. The Labute approximate surface area is 199 Å². The number of fused-ring (bicyclic) bond motifs is 1.